The van der Waals surface area contributed by atoms with Crippen molar-refractivity contribution < 1.29 is 0 Å². The fourth-order valence-electron chi connectivity index (χ4n) is 1.90. The van der Waals surface area contributed by atoms with Gasteiger partial charge in [-0.1, -0.05) is 20.8 Å². The predicted octanol–water partition coefficient (Wildman–Crippen LogP) is 2.13. The Morgan fingerprint density at radius 3 is 2.00 bits per heavy atom. The van der Waals surface area contributed by atoms with Crippen LogP contribution in [0, 0.1) is 5.92 Å². The van der Waals surface area contributed by atoms with Crippen molar-refractivity contribution in [3.63, 3.8) is 0 Å². The molecule has 0 bridgehead atoms. The second-order valence-electron chi connectivity index (χ2n) is 3.45. The van der Waals surface area contributed by atoms with Gasteiger partial charge in [0, 0.05) is 6.04 Å². The van der Waals surface area contributed by atoms with Crippen LogP contribution < -0.4 is 0 Å². The van der Waals surface area contributed by atoms with Crippen LogP contribution in [0.15, 0.2) is 0 Å². The van der Waals surface area contributed by atoms with Crippen molar-refractivity contribution >= 4 is 0 Å². The quantitative estimate of drug-likeness (QED) is 0.582. The van der Waals surface area contributed by atoms with Crippen molar-refractivity contribution in [1.82, 2.24) is 4.90 Å². The highest BCUT2D eigenvalue weighted by Gasteiger charge is 2.28. The highest BCUT2D eigenvalue weighted by molar-refractivity contribution is 4.83. The van der Waals surface area contributed by atoms with Crippen molar-refractivity contribution in [2.75, 3.05) is 13.1 Å². The summed E-state index contributed by atoms with van der Waals surface area (Å²) in [4.78, 5) is 2.57. The Morgan fingerprint density at radius 2 is 1.70 bits per heavy atom. The monoisotopic (exact) mass is 141 g/mol. The van der Waals surface area contributed by atoms with Crippen molar-refractivity contribution in [2.45, 2.75) is 39.7 Å². The summed E-state index contributed by atoms with van der Waals surface area (Å²) in [5.41, 5.74) is 0. The first-order chi connectivity index (χ1) is 4.77. The summed E-state index contributed by atoms with van der Waals surface area (Å²) in [7, 11) is 0. The molecule has 1 heteroatoms. The molecular weight excluding hydrogens is 122 g/mol. The lowest BCUT2D eigenvalue weighted by atomic mass is 9.81. The highest BCUT2D eigenvalue weighted by atomic mass is 15.2. The molecule has 0 N–H and O–H groups in total. The zero-order chi connectivity index (χ0) is 7.56. The Kier molecular flexibility index (Phi) is 2.72. The Hall–Kier alpha value is -0.0400. The molecule has 0 atom stereocenters. The van der Waals surface area contributed by atoms with Crippen LogP contribution in [0.1, 0.15) is 33.6 Å². The molecule has 0 aliphatic heterocycles. The molecule has 1 fully saturated rings. The molecule has 0 aromatic carbocycles. The second kappa shape index (κ2) is 3.38. The Labute approximate surface area is 64.4 Å². The van der Waals surface area contributed by atoms with E-state index >= 15 is 0 Å². The average molecular weight is 141 g/mol. The first-order valence-corrected chi connectivity index (χ1v) is 4.52. The van der Waals surface area contributed by atoms with E-state index in [1.807, 2.05) is 0 Å². The molecule has 0 amide bonds. The minimum atomic E-state index is 0.921. The van der Waals surface area contributed by atoms with Crippen LogP contribution in [0.3, 0.4) is 0 Å². The molecule has 1 aliphatic carbocycles. The largest absolute Gasteiger partial charge is 0.301 e. The lowest BCUT2D eigenvalue weighted by Crippen LogP contribution is -2.43. The standard InChI is InChI=1S/C9H19N/c1-4-10(5-2)9-6-8(3)7-9/h8-9H,4-7H2,1-3H3. The number of nitrogens with zero attached hydrogens (tertiary/aromatic N) is 1. The minimum absolute atomic E-state index is 0.921. The van der Waals surface area contributed by atoms with E-state index in [1.165, 1.54) is 25.9 Å². The van der Waals surface area contributed by atoms with E-state index in [0.29, 0.717) is 0 Å². The third kappa shape index (κ3) is 1.51. The zero-order valence-electron chi connectivity index (χ0n) is 7.43. The molecule has 1 saturated carbocycles. The second-order valence-corrected chi connectivity index (χ2v) is 3.45. The molecule has 0 saturated heterocycles. The van der Waals surface area contributed by atoms with Crippen molar-refractivity contribution in [2.24, 2.45) is 5.92 Å². The van der Waals surface area contributed by atoms with Gasteiger partial charge in [0.1, 0.15) is 0 Å². The fraction of sp³-hybridized carbons (Fsp3) is 1.00. The summed E-state index contributed by atoms with van der Waals surface area (Å²) in [6, 6.07) is 0.921. The van der Waals surface area contributed by atoms with Gasteiger partial charge in [-0.05, 0) is 31.8 Å². The van der Waals surface area contributed by atoms with Gasteiger partial charge in [-0.15, -0.1) is 0 Å². The summed E-state index contributed by atoms with van der Waals surface area (Å²) in [6.07, 6.45) is 2.86. The van der Waals surface area contributed by atoms with Crippen LogP contribution in [0.4, 0.5) is 0 Å². The summed E-state index contributed by atoms with van der Waals surface area (Å²) in [5, 5.41) is 0. The van der Waals surface area contributed by atoms with E-state index in [1.54, 1.807) is 0 Å². The van der Waals surface area contributed by atoms with Gasteiger partial charge in [0.15, 0.2) is 0 Å². The van der Waals surface area contributed by atoms with Gasteiger partial charge in [-0.25, -0.2) is 0 Å². The SMILES string of the molecule is CCN(CC)C1CC(C)C1. The smallest absolute Gasteiger partial charge is 0.0100 e. The first kappa shape index (κ1) is 8.06. The maximum absolute atomic E-state index is 2.57. The third-order valence-electron chi connectivity index (χ3n) is 2.68. The van der Waals surface area contributed by atoms with Crippen LogP contribution in [-0.4, -0.2) is 24.0 Å². The van der Waals surface area contributed by atoms with E-state index < -0.39 is 0 Å². The van der Waals surface area contributed by atoms with Crippen molar-refractivity contribution in [1.29, 1.82) is 0 Å². The Morgan fingerprint density at radius 1 is 1.20 bits per heavy atom. The molecule has 10 heavy (non-hydrogen) atoms. The lowest BCUT2D eigenvalue weighted by molar-refractivity contribution is 0.0964. The first-order valence-electron chi connectivity index (χ1n) is 4.52. The number of hydrogen-bond acceptors (Lipinski definition) is 1. The van der Waals surface area contributed by atoms with Crippen LogP contribution in [0.2, 0.25) is 0 Å². The molecule has 1 aliphatic rings. The lowest BCUT2D eigenvalue weighted by Gasteiger charge is -2.40. The van der Waals surface area contributed by atoms with Gasteiger partial charge in [0.25, 0.3) is 0 Å². The molecule has 0 aromatic rings. The highest BCUT2D eigenvalue weighted by Crippen LogP contribution is 2.30. The van der Waals surface area contributed by atoms with E-state index in [9.17, 15) is 0 Å². The third-order valence-corrected chi connectivity index (χ3v) is 2.68. The summed E-state index contributed by atoms with van der Waals surface area (Å²) in [5.74, 6) is 0.991. The topological polar surface area (TPSA) is 3.24 Å². The van der Waals surface area contributed by atoms with Gasteiger partial charge in [0.2, 0.25) is 0 Å². The summed E-state index contributed by atoms with van der Waals surface area (Å²) < 4.78 is 0. The molecule has 0 radical (unpaired) electrons. The van der Waals surface area contributed by atoms with Crippen LogP contribution >= 0.6 is 0 Å². The normalized spacial score (nSPS) is 32.4. The molecule has 0 spiro atoms. The van der Waals surface area contributed by atoms with E-state index in [0.717, 1.165) is 12.0 Å². The summed E-state index contributed by atoms with van der Waals surface area (Å²) >= 11 is 0. The van der Waals surface area contributed by atoms with E-state index in [2.05, 4.69) is 25.7 Å². The number of hydrogen-bond donors (Lipinski definition) is 0. The fourth-order valence-corrected chi connectivity index (χ4v) is 1.90. The van der Waals surface area contributed by atoms with Gasteiger partial charge in [-0.3, -0.25) is 0 Å². The Bertz CT molecular complexity index is 90.9. The molecule has 0 heterocycles. The van der Waals surface area contributed by atoms with Gasteiger partial charge in [0.05, 0.1) is 0 Å². The van der Waals surface area contributed by atoms with Gasteiger partial charge in [-0.2, -0.15) is 0 Å². The molecular formula is C9H19N. The average Bonchev–Trinajstić information content (AvgIpc) is 1.87. The zero-order valence-corrected chi connectivity index (χ0v) is 7.43. The van der Waals surface area contributed by atoms with Crippen molar-refractivity contribution in [3.8, 4) is 0 Å². The maximum atomic E-state index is 2.57. The van der Waals surface area contributed by atoms with Crippen LogP contribution in [0.25, 0.3) is 0 Å². The van der Waals surface area contributed by atoms with E-state index in [-0.39, 0.29) is 0 Å². The summed E-state index contributed by atoms with van der Waals surface area (Å²) in [6.45, 7) is 9.32. The van der Waals surface area contributed by atoms with Crippen molar-refractivity contribution in [3.05, 3.63) is 0 Å². The molecule has 1 rings (SSSR count). The van der Waals surface area contributed by atoms with Crippen LogP contribution in [-0.2, 0) is 0 Å². The van der Waals surface area contributed by atoms with Crippen LogP contribution in [0.5, 0.6) is 0 Å². The van der Waals surface area contributed by atoms with Gasteiger partial charge >= 0.3 is 0 Å². The molecule has 0 aromatic heterocycles. The van der Waals surface area contributed by atoms with E-state index in [4.69, 9.17) is 0 Å². The number of rotatable bonds is 3. The molecule has 60 valence electrons. The minimum Gasteiger partial charge on any atom is -0.301 e. The molecule has 0 unspecified atom stereocenters. The Balaban J connectivity index is 2.21. The molecule has 1 nitrogen and oxygen atoms in total. The predicted molar refractivity (Wildman–Crippen MR) is 45.1 cm³/mol. The maximum Gasteiger partial charge on any atom is 0.0100 e. The van der Waals surface area contributed by atoms with Gasteiger partial charge < -0.3 is 4.90 Å².